The minimum atomic E-state index is -4.61. The van der Waals surface area contributed by atoms with Crippen LogP contribution in [0.5, 0.6) is 0 Å². The van der Waals surface area contributed by atoms with E-state index in [1.165, 1.54) is 6.07 Å². The van der Waals surface area contributed by atoms with E-state index in [0.717, 1.165) is 44.3 Å². The quantitative estimate of drug-likeness (QED) is 0.618. The normalized spacial score (nSPS) is 21.0. The number of halogens is 5. The van der Waals surface area contributed by atoms with Crippen LogP contribution in [0.15, 0.2) is 22.8 Å². The smallest absolute Gasteiger partial charge is 0.363 e. The summed E-state index contributed by atoms with van der Waals surface area (Å²) in [4.78, 5) is 6.76. The molecule has 0 amide bonds. The van der Waals surface area contributed by atoms with Gasteiger partial charge in [0.1, 0.15) is 22.5 Å². The Bertz CT molecular complexity index is 862. The summed E-state index contributed by atoms with van der Waals surface area (Å²) in [6.07, 6.45) is -1.30. The van der Waals surface area contributed by atoms with E-state index in [0.29, 0.717) is 29.5 Å². The molecule has 1 aromatic heterocycles. The monoisotopic (exact) mass is 461 g/mol. The van der Waals surface area contributed by atoms with Crippen molar-refractivity contribution in [3.05, 3.63) is 51.3 Å². The molecule has 3 heterocycles. The molecule has 0 saturated carbocycles. The maximum atomic E-state index is 13.4. The molecule has 0 aliphatic carbocycles. The van der Waals surface area contributed by atoms with Crippen LogP contribution in [0, 0.1) is 5.82 Å². The summed E-state index contributed by atoms with van der Waals surface area (Å²) >= 11 is 3.40. The van der Waals surface area contributed by atoms with Gasteiger partial charge in [0, 0.05) is 26.1 Å². The van der Waals surface area contributed by atoms with E-state index in [2.05, 4.69) is 25.8 Å². The molecule has 0 spiro atoms. The first-order valence-electron chi connectivity index (χ1n) is 9.28. The van der Waals surface area contributed by atoms with Crippen molar-refractivity contribution in [2.24, 2.45) is 0 Å². The highest BCUT2D eigenvalue weighted by Crippen LogP contribution is 2.35. The number of alkyl halides is 3. The van der Waals surface area contributed by atoms with Crippen molar-refractivity contribution < 1.29 is 22.3 Å². The lowest BCUT2D eigenvalue weighted by Gasteiger charge is -2.36. The fraction of sp³-hybridized carbons (Fsp3) is 0.526. The minimum absolute atomic E-state index is 0.0304. The van der Waals surface area contributed by atoms with Crippen molar-refractivity contribution in [2.45, 2.75) is 51.2 Å². The number of ether oxygens (including phenoxy) is 1. The molecule has 0 N–H and O–H groups in total. The number of hydrogen-bond acceptors (Lipinski definition) is 3. The fourth-order valence-electron chi connectivity index (χ4n) is 3.95. The molecule has 2 aromatic rings. The van der Waals surface area contributed by atoms with E-state index in [1.807, 2.05) is 4.57 Å². The molecule has 1 fully saturated rings. The first-order valence-corrected chi connectivity index (χ1v) is 10.1. The summed E-state index contributed by atoms with van der Waals surface area (Å²) in [5.74, 6) is -0.0912. The molecule has 2 aliphatic heterocycles. The lowest BCUT2D eigenvalue weighted by atomic mass is 10.0. The molecule has 4 nitrogen and oxygen atoms in total. The predicted molar refractivity (Wildman–Crippen MR) is 98.1 cm³/mol. The summed E-state index contributed by atoms with van der Waals surface area (Å²) in [7, 11) is 0. The zero-order valence-corrected chi connectivity index (χ0v) is 16.7. The van der Waals surface area contributed by atoms with Crippen LogP contribution in [0.3, 0.4) is 0 Å². The second-order valence-corrected chi connectivity index (χ2v) is 7.94. The topological polar surface area (TPSA) is 30.3 Å². The summed E-state index contributed by atoms with van der Waals surface area (Å²) in [6, 6.07) is 2.82. The standard InChI is InChI=1S/C19H20BrF4N3O/c20-18-15(9-12-4-5-13(21)10-14(12)19(22,23)24)27-7-6-26(11-16(27)25-18)17-3-1-2-8-28-17/h4-5,10,17H,1-3,6-9,11H2. The Morgan fingerprint density at radius 3 is 2.75 bits per heavy atom. The van der Waals surface area contributed by atoms with E-state index >= 15 is 0 Å². The molecule has 2 aliphatic rings. The molecule has 1 aromatic carbocycles. The van der Waals surface area contributed by atoms with Gasteiger partial charge < -0.3 is 9.30 Å². The molecule has 1 atom stereocenters. The van der Waals surface area contributed by atoms with E-state index in [1.54, 1.807) is 0 Å². The highest BCUT2D eigenvalue weighted by molar-refractivity contribution is 9.10. The molecule has 0 bridgehead atoms. The van der Waals surface area contributed by atoms with Crippen LogP contribution in [-0.2, 0) is 30.4 Å². The van der Waals surface area contributed by atoms with Gasteiger partial charge in [-0.1, -0.05) is 6.07 Å². The Balaban J connectivity index is 1.59. The summed E-state index contributed by atoms with van der Waals surface area (Å²) in [5, 5.41) is 0. The average Bonchev–Trinajstić information content (AvgIpc) is 2.97. The molecular weight excluding hydrogens is 442 g/mol. The molecular formula is C19H20BrF4N3O. The van der Waals surface area contributed by atoms with Gasteiger partial charge in [-0.3, -0.25) is 4.90 Å². The van der Waals surface area contributed by atoms with Crippen molar-refractivity contribution in [1.29, 1.82) is 0 Å². The molecule has 0 radical (unpaired) electrons. The predicted octanol–water partition coefficient (Wildman–Crippen LogP) is 4.74. The maximum absolute atomic E-state index is 13.4. The largest absolute Gasteiger partial charge is 0.416 e. The van der Waals surface area contributed by atoms with E-state index in [-0.39, 0.29) is 18.2 Å². The maximum Gasteiger partial charge on any atom is 0.416 e. The zero-order valence-electron chi connectivity index (χ0n) is 15.1. The molecule has 9 heteroatoms. The SMILES string of the molecule is Fc1ccc(Cc2c(Br)nc3n2CCN(C2CCCCO2)C3)c(C(F)(F)F)c1. The van der Waals surface area contributed by atoms with Crippen LogP contribution < -0.4 is 0 Å². The summed E-state index contributed by atoms with van der Waals surface area (Å²) in [6.45, 7) is 2.74. The number of benzene rings is 1. The van der Waals surface area contributed by atoms with Crippen LogP contribution >= 0.6 is 15.9 Å². The van der Waals surface area contributed by atoms with Crippen LogP contribution in [0.4, 0.5) is 17.6 Å². The van der Waals surface area contributed by atoms with Crippen LogP contribution in [0.2, 0.25) is 0 Å². The molecule has 28 heavy (non-hydrogen) atoms. The molecule has 152 valence electrons. The third-order valence-corrected chi connectivity index (χ3v) is 5.99. The number of rotatable bonds is 3. The molecule has 1 saturated heterocycles. The van der Waals surface area contributed by atoms with E-state index in [4.69, 9.17) is 4.74 Å². The Labute approximate surface area is 168 Å². The number of aromatic nitrogens is 2. The second kappa shape index (κ2) is 7.76. The third-order valence-electron chi connectivity index (χ3n) is 5.36. The van der Waals surface area contributed by atoms with E-state index in [9.17, 15) is 17.6 Å². The van der Waals surface area contributed by atoms with Gasteiger partial charge >= 0.3 is 6.18 Å². The van der Waals surface area contributed by atoms with Crippen LogP contribution in [0.25, 0.3) is 0 Å². The first-order chi connectivity index (χ1) is 13.3. The molecule has 1 unspecified atom stereocenters. The van der Waals surface area contributed by atoms with E-state index < -0.39 is 17.6 Å². The Morgan fingerprint density at radius 2 is 2.04 bits per heavy atom. The number of nitrogens with zero attached hydrogens (tertiary/aromatic N) is 3. The van der Waals surface area contributed by atoms with Gasteiger partial charge in [-0.25, -0.2) is 9.37 Å². The van der Waals surface area contributed by atoms with Gasteiger partial charge in [-0.2, -0.15) is 13.2 Å². The fourth-order valence-corrected chi connectivity index (χ4v) is 4.51. The summed E-state index contributed by atoms with van der Waals surface area (Å²) in [5.41, 5.74) is -0.227. The van der Waals surface area contributed by atoms with Gasteiger partial charge in [0.15, 0.2) is 0 Å². The van der Waals surface area contributed by atoms with Gasteiger partial charge in [-0.05, 0) is 52.9 Å². The Hall–Kier alpha value is -1.45. The Morgan fingerprint density at radius 1 is 1.21 bits per heavy atom. The van der Waals surface area contributed by atoms with Gasteiger partial charge in [0.2, 0.25) is 0 Å². The second-order valence-electron chi connectivity index (χ2n) is 7.18. The Kier molecular flexibility index (Phi) is 5.50. The van der Waals surface area contributed by atoms with Crippen molar-refractivity contribution in [2.75, 3.05) is 13.2 Å². The number of hydrogen-bond donors (Lipinski definition) is 0. The van der Waals surface area contributed by atoms with Gasteiger partial charge in [0.25, 0.3) is 0 Å². The molecule has 4 rings (SSSR count). The number of imidazole rings is 1. The number of fused-ring (bicyclic) bond motifs is 1. The highest BCUT2D eigenvalue weighted by Gasteiger charge is 2.35. The highest BCUT2D eigenvalue weighted by atomic mass is 79.9. The van der Waals surface area contributed by atoms with Crippen LogP contribution in [0.1, 0.15) is 41.9 Å². The summed E-state index contributed by atoms with van der Waals surface area (Å²) < 4.78 is 61.7. The van der Waals surface area contributed by atoms with Crippen molar-refractivity contribution in [3.63, 3.8) is 0 Å². The minimum Gasteiger partial charge on any atom is -0.363 e. The van der Waals surface area contributed by atoms with Crippen LogP contribution in [-0.4, -0.2) is 33.8 Å². The third kappa shape index (κ3) is 3.97. The van der Waals surface area contributed by atoms with Gasteiger partial charge in [0.05, 0.1) is 17.8 Å². The zero-order chi connectivity index (χ0) is 19.9. The van der Waals surface area contributed by atoms with Gasteiger partial charge in [-0.15, -0.1) is 0 Å². The van der Waals surface area contributed by atoms with Crippen molar-refractivity contribution >= 4 is 15.9 Å². The van der Waals surface area contributed by atoms with Crippen molar-refractivity contribution in [1.82, 2.24) is 14.5 Å². The average molecular weight is 462 g/mol. The first kappa shape index (κ1) is 19.8. The lowest BCUT2D eigenvalue weighted by molar-refractivity contribution is -0.138. The van der Waals surface area contributed by atoms with Crippen molar-refractivity contribution in [3.8, 4) is 0 Å². The lowest BCUT2D eigenvalue weighted by Crippen LogP contribution is -2.44.